The van der Waals surface area contributed by atoms with E-state index >= 15 is 0 Å². The molecule has 0 spiro atoms. The van der Waals surface area contributed by atoms with E-state index in [9.17, 15) is 9.59 Å². The fourth-order valence-corrected chi connectivity index (χ4v) is 2.23. The van der Waals surface area contributed by atoms with Gasteiger partial charge in [-0.25, -0.2) is 0 Å². The lowest BCUT2D eigenvalue weighted by Gasteiger charge is -2.28. The molecule has 1 N–H and O–H groups in total. The summed E-state index contributed by atoms with van der Waals surface area (Å²) in [5, 5.41) is 8.74. The second-order valence-electron chi connectivity index (χ2n) is 4.23. The maximum atomic E-state index is 11.3. The largest absolute Gasteiger partial charge is 0.480 e. The van der Waals surface area contributed by atoms with Crippen LogP contribution in [0.25, 0.3) is 0 Å². The SMILES string of the molecule is CCN(CC(=O)O)C[C@H]1CCCN1C(C)=O. The molecule has 0 aromatic carbocycles. The zero-order valence-electron chi connectivity index (χ0n) is 9.98. The fourth-order valence-electron chi connectivity index (χ4n) is 2.23. The molecule has 1 fully saturated rings. The first-order chi connectivity index (χ1) is 7.54. The molecule has 1 aliphatic heterocycles. The van der Waals surface area contributed by atoms with Gasteiger partial charge in [0.25, 0.3) is 0 Å². The van der Waals surface area contributed by atoms with Gasteiger partial charge in [-0.15, -0.1) is 0 Å². The number of carbonyl (C=O) groups is 2. The van der Waals surface area contributed by atoms with Gasteiger partial charge in [-0.2, -0.15) is 0 Å². The Bertz CT molecular complexity index is 268. The number of likely N-dealkylation sites (N-methyl/N-ethyl adjacent to an activating group) is 1. The third-order valence-electron chi connectivity index (χ3n) is 3.06. The summed E-state index contributed by atoms with van der Waals surface area (Å²) in [4.78, 5) is 25.7. The number of hydrogen-bond donors (Lipinski definition) is 1. The normalized spacial score (nSPS) is 20.4. The molecule has 0 aliphatic carbocycles. The van der Waals surface area contributed by atoms with Gasteiger partial charge >= 0.3 is 5.97 Å². The second kappa shape index (κ2) is 5.84. The number of carbonyl (C=O) groups excluding carboxylic acids is 1. The maximum absolute atomic E-state index is 11.3. The van der Waals surface area contributed by atoms with Crippen LogP contribution in [0.2, 0.25) is 0 Å². The van der Waals surface area contributed by atoms with E-state index in [1.54, 1.807) is 6.92 Å². The van der Waals surface area contributed by atoms with Crippen LogP contribution in [0.5, 0.6) is 0 Å². The molecule has 5 heteroatoms. The van der Waals surface area contributed by atoms with Crippen LogP contribution < -0.4 is 0 Å². The number of rotatable bonds is 5. The van der Waals surface area contributed by atoms with Gasteiger partial charge in [0.2, 0.25) is 5.91 Å². The minimum atomic E-state index is -0.811. The van der Waals surface area contributed by atoms with Crippen molar-refractivity contribution in [2.24, 2.45) is 0 Å². The van der Waals surface area contributed by atoms with Gasteiger partial charge in [0.1, 0.15) is 0 Å². The fraction of sp³-hybridized carbons (Fsp3) is 0.818. The Balaban J connectivity index is 2.50. The first kappa shape index (κ1) is 13.0. The Morgan fingerprint density at radius 1 is 1.50 bits per heavy atom. The van der Waals surface area contributed by atoms with Gasteiger partial charge in [0.15, 0.2) is 0 Å². The monoisotopic (exact) mass is 228 g/mol. The zero-order valence-corrected chi connectivity index (χ0v) is 9.98. The standard InChI is InChI=1S/C11H20N2O3/c1-3-12(8-11(15)16)7-10-5-4-6-13(10)9(2)14/h10H,3-8H2,1-2H3,(H,15,16)/t10-/m1/s1. The Morgan fingerprint density at radius 2 is 2.19 bits per heavy atom. The van der Waals surface area contributed by atoms with Crippen molar-refractivity contribution in [2.45, 2.75) is 32.7 Å². The average molecular weight is 228 g/mol. The van der Waals surface area contributed by atoms with Crippen LogP contribution in [-0.2, 0) is 9.59 Å². The van der Waals surface area contributed by atoms with E-state index in [4.69, 9.17) is 5.11 Å². The van der Waals surface area contributed by atoms with Crippen molar-refractivity contribution in [3.63, 3.8) is 0 Å². The molecular weight excluding hydrogens is 208 g/mol. The number of likely N-dealkylation sites (tertiary alicyclic amines) is 1. The predicted molar refractivity (Wildman–Crippen MR) is 60.2 cm³/mol. The van der Waals surface area contributed by atoms with Gasteiger partial charge in [0.05, 0.1) is 6.54 Å². The third-order valence-corrected chi connectivity index (χ3v) is 3.06. The summed E-state index contributed by atoms with van der Waals surface area (Å²) in [6.07, 6.45) is 2.00. The first-order valence-electron chi connectivity index (χ1n) is 5.76. The smallest absolute Gasteiger partial charge is 0.317 e. The van der Waals surface area contributed by atoms with Crippen molar-refractivity contribution < 1.29 is 14.7 Å². The molecule has 1 rings (SSSR count). The first-order valence-corrected chi connectivity index (χ1v) is 5.76. The van der Waals surface area contributed by atoms with Gasteiger partial charge in [-0.1, -0.05) is 6.92 Å². The van der Waals surface area contributed by atoms with Crippen molar-refractivity contribution in [2.75, 3.05) is 26.2 Å². The lowest BCUT2D eigenvalue weighted by molar-refractivity contribution is -0.138. The Labute approximate surface area is 96.0 Å². The van der Waals surface area contributed by atoms with E-state index < -0.39 is 5.97 Å². The molecule has 0 radical (unpaired) electrons. The highest BCUT2D eigenvalue weighted by molar-refractivity contribution is 5.74. The molecule has 5 nitrogen and oxygen atoms in total. The lowest BCUT2D eigenvalue weighted by Crippen LogP contribution is -2.43. The molecule has 0 unspecified atom stereocenters. The number of amides is 1. The van der Waals surface area contributed by atoms with Crippen molar-refractivity contribution in [3.8, 4) is 0 Å². The topological polar surface area (TPSA) is 60.9 Å². The highest BCUT2D eigenvalue weighted by Crippen LogP contribution is 2.18. The van der Waals surface area contributed by atoms with Gasteiger partial charge in [0, 0.05) is 26.1 Å². The number of nitrogens with zero attached hydrogens (tertiary/aromatic N) is 2. The minimum Gasteiger partial charge on any atom is -0.480 e. The Kier molecular flexibility index (Phi) is 4.73. The van der Waals surface area contributed by atoms with E-state index in [-0.39, 0.29) is 18.5 Å². The van der Waals surface area contributed by atoms with Crippen molar-refractivity contribution in [1.29, 1.82) is 0 Å². The molecule has 0 saturated carbocycles. The average Bonchev–Trinajstić information content (AvgIpc) is 2.64. The highest BCUT2D eigenvalue weighted by Gasteiger charge is 2.28. The van der Waals surface area contributed by atoms with Crippen molar-refractivity contribution in [3.05, 3.63) is 0 Å². The lowest BCUT2D eigenvalue weighted by atomic mass is 10.2. The Morgan fingerprint density at radius 3 is 2.69 bits per heavy atom. The van der Waals surface area contributed by atoms with E-state index in [2.05, 4.69) is 0 Å². The third kappa shape index (κ3) is 3.48. The summed E-state index contributed by atoms with van der Waals surface area (Å²) >= 11 is 0. The van der Waals surface area contributed by atoms with Crippen LogP contribution in [0.1, 0.15) is 26.7 Å². The van der Waals surface area contributed by atoms with Crippen LogP contribution in [0.3, 0.4) is 0 Å². The van der Waals surface area contributed by atoms with Crippen molar-refractivity contribution in [1.82, 2.24) is 9.80 Å². The number of aliphatic carboxylic acids is 1. The van der Waals surface area contributed by atoms with Gasteiger partial charge in [-0.3, -0.25) is 14.5 Å². The molecule has 0 bridgehead atoms. The van der Waals surface area contributed by atoms with Crippen LogP contribution >= 0.6 is 0 Å². The molecule has 0 aromatic rings. The van der Waals surface area contributed by atoms with Gasteiger partial charge < -0.3 is 10.0 Å². The molecule has 1 atom stereocenters. The molecule has 1 saturated heterocycles. The predicted octanol–water partition coefficient (Wildman–Crippen LogP) is 0.404. The summed E-state index contributed by atoms with van der Waals surface area (Å²) in [5.74, 6) is -0.719. The van der Waals surface area contributed by atoms with Crippen LogP contribution in [0.4, 0.5) is 0 Å². The van der Waals surface area contributed by atoms with E-state index in [0.717, 1.165) is 19.4 Å². The summed E-state index contributed by atoms with van der Waals surface area (Å²) in [6.45, 7) is 5.75. The number of carboxylic acid groups (broad SMARTS) is 1. The van der Waals surface area contributed by atoms with E-state index in [1.807, 2.05) is 16.7 Å². The van der Waals surface area contributed by atoms with Crippen molar-refractivity contribution >= 4 is 11.9 Å². The Hall–Kier alpha value is -1.10. The van der Waals surface area contributed by atoms with Crippen LogP contribution in [0, 0.1) is 0 Å². The molecule has 92 valence electrons. The number of hydrogen-bond acceptors (Lipinski definition) is 3. The number of carboxylic acids is 1. The van der Waals surface area contributed by atoms with Gasteiger partial charge in [-0.05, 0) is 19.4 Å². The van der Waals surface area contributed by atoms with E-state index in [0.29, 0.717) is 13.1 Å². The van der Waals surface area contributed by atoms with E-state index in [1.165, 1.54) is 0 Å². The second-order valence-corrected chi connectivity index (χ2v) is 4.23. The minimum absolute atomic E-state index is 0.0543. The molecule has 16 heavy (non-hydrogen) atoms. The molecule has 1 heterocycles. The quantitative estimate of drug-likeness (QED) is 0.740. The summed E-state index contributed by atoms with van der Waals surface area (Å²) < 4.78 is 0. The summed E-state index contributed by atoms with van der Waals surface area (Å²) in [6, 6.07) is 0.191. The molecular formula is C11H20N2O3. The zero-order chi connectivity index (χ0) is 12.1. The molecule has 1 amide bonds. The molecule has 1 aliphatic rings. The van der Waals surface area contributed by atoms with Crippen LogP contribution in [0.15, 0.2) is 0 Å². The van der Waals surface area contributed by atoms with Crippen LogP contribution in [-0.4, -0.2) is 59.0 Å². The molecule has 0 aromatic heterocycles. The summed E-state index contributed by atoms with van der Waals surface area (Å²) in [5.41, 5.74) is 0. The maximum Gasteiger partial charge on any atom is 0.317 e. The highest BCUT2D eigenvalue weighted by atomic mass is 16.4. The summed E-state index contributed by atoms with van der Waals surface area (Å²) in [7, 11) is 0.